The molecule has 0 aliphatic heterocycles. The monoisotopic (exact) mass is 277 g/mol. The van der Waals surface area contributed by atoms with Crippen LogP contribution in [-0.4, -0.2) is 7.05 Å². The molecule has 0 saturated heterocycles. The third kappa shape index (κ3) is 3.34. The highest BCUT2D eigenvalue weighted by Crippen LogP contribution is 2.25. The first-order valence-corrected chi connectivity index (χ1v) is 6.66. The summed E-state index contributed by atoms with van der Waals surface area (Å²) in [6.45, 7) is 2.06. The fourth-order valence-electron chi connectivity index (χ4n) is 2.11. The summed E-state index contributed by atoms with van der Waals surface area (Å²) in [4.78, 5) is 0. The lowest BCUT2D eigenvalue weighted by atomic mass is 9.98. The van der Waals surface area contributed by atoms with Gasteiger partial charge in [-0.05, 0) is 37.6 Å². The summed E-state index contributed by atoms with van der Waals surface area (Å²) in [6.07, 6.45) is 0.663. The zero-order valence-electron chi connectivity index (χ0n) is 11.1. The van der Waals surface area contributed by atoms with Crippen molar-refractivity contribution in [3.8, 4) is 0 Å². The lowest BCUT2D eigenvalue weighted by Crippen LogP contribution is -2.19. The molecule has 0 aromatic heterocycles. The quantitative estimate of drug-likeness (QED) is 0.879. The molecule has 19 heavy (non-hydrogen) atoms. The molecule has 1 atom stereocenters. The third-order valence-electron chi connectivity index (χ3n) is 3.28. The number of hydrogen-bond acceptors (Lipinski definition) is 1. The van der Waals surface area contributed by atoms with E-state index in [1.807, 2.05) is 13.1 Å². The van der Waals surface area contributed by atoms with Gasteiger partial charge in [-0.15, -0.1) is 0 Å². The normalized spacial score (nSPS) is 12.4. The second-order valence-electron chi connectivity index (χ2n) is 4.67. The Morgan fingerprint density at radius 3 is 2.47 bits per heavy atom. The Morgan fingerprint density at radius 1 is 1.16 bits per heavy atom. The summed E-state index contributed by atoms with van der Waals surface area (Å²) in [5.41, 5.74) is 3.22. The second-order valence-corrected chi connectivity index (χ2v) is 5.05. The van der Waals surface area contributed by atoms with Gasteiger partial charge in [-0.1, -0.05) is 53.6 Å². The number of aryl methyl sites for hydroxylation is 1. The summed E-state index contributed by atoms with van der Waals surface area (Å²) < 4.78 is 13.4. The Kier molecular flexibility index (Phi) is 4.56. The molecule has 2 aromatic rings. The zero-order valence-corrected chi connectivity index (χ0v) is 11.8. The van der Waals surface area contributed by atoms with Crippen molar-refractivity contribution in [2.24, 2.45) is 0 Å². The Morgan fingerprint density at radius 2 is 1.84 bits per heavy atom. The van der Waals surface area contributed by atoms with E-state index >= 15 is 0 Å². The lowest BCUT2D eigenvalue weighted by Gasteiger charge is -2.18. The van der Waals surface area contributed by atoms with Crippen molar-refractivity contribution in [3.63, 3.8) is 0 Å². The first-order chi connectivity index (χ1) is 9.11. The van der Waals surface area contributed by atoms with Crippen LogP contribution in [0.2, 0.25) is 5.02 Å². The SMILES string of the molecule is CNC(Cc1cccc(F)c1Cl)c1ccc(C)cc1. The Labute approximate surface area is 118 Å². The Balaban J connectivity index is 2.24. The van der Waals surface area contributed by atoms with Crippen LogP contribution < -0.4 is 5.32 Å². The number of benzene rings is 2. The average Bonchev–Trinajstić information content (AvgIpc) is 2.42. The van der Waals surface area contributed by atoms with Gasteiger partial charge in [-0.25, -0.2) is 4.39 Å². The minimum absolute atomic E-state index is 0.125. The van der Waals surface area contributed by atoms with Crippen LogP contribution in [0, 0.1) is 12.7 Å². The minimum Gasteiger partial charge on any atom is -0.313 e. The van der Waals surface area contributed by atoms with E-state index in [0.717, 1.165) is 5.56 Å². The summed E-state index contributed by atoms with van der Waals surface area (Å²) >= 11 is 6.00. The molecular formula is C16H17ClFN. The van der Waals surface area contributed by atoms with E-state index < -0.39 is 0 Å². The van der Waals surface area contributed by atoms with E-state index in [4.69, 9.17) is 11.6 Å². The molecule has 0 spiro atoms. The van der Waals surface area contributed by atoms with Gasteiger partial charge in [0.15, 0.2) is 0 Å². The number of hydrogen-bond donors (Lipinski definition) is 1. The molecule has 3 heteroatoms. The largest absolute Gasteiger partial charge is 0.313 e. The van der Waals surface area contributed by atoms with E-state index in [2.05, 4.69) is 36.5 Å². The topological polar surface area (TPSA) is 12.0 Å². The van der Waals surface area contributed by atoms with Crippen molar-refractivity contribution in [1.29, 1.82) is 0 Å². The van der Waals surface area contributed by atoms with Gasteiger partial charge < -0.3 is 5.32 Å². The molecule has 0 fully saturated rings. The number of halogens is 2. The summed E-state index contributed by atoms with van der Waals surface area (Å²) in [7, 11) is 1.90. The van der Waals surface area contributed by atoms with Crippen molar-refractivity contribution in [2.75, 3.05) is 7.05 Å². The summed E-state index contributed by atoms with van der Waals surface area (Å²) in [5.74, 6) is -0.363. The first-order valence-electron chi connectivity index (χ1n) is 6.28. The van der Waals surface area contributed by atoms with Crippen LogP contribution in [0.1, 0.15) is 22.7 Å². The number of rotatable bonds is 4. The molecule has 0 aliphatic rings. The van der Waals surface area contributed by atoms with Gasteiger partial charge in [-0.2, -0.15) is 0 Å². The molecule has 2 rings (SSSR count). The van der Waals surface area contributed by atoms with Crippen LogP contribution in [0.25, 0.3) is 0 Å². The van der Waals surface area contributed by atoms with Gasteiger partial charge in [0.1, 0.15) is 5.82 Å². The molecule has 0 amide bonds. The predicted molar refractivity (Wildman–Crippen MR) is 78.1 cm³/mol. The number of likely N-dealkylation sites (N-methyl/N-ethyl adjacent to an activating group) is 1. The molecule has 0 radical (unpaired) electrons. The fourth-order valence-corrected chi connectivity index (χ4v) is 2.31. The number of nitrogens with one attached hydrogen (secondary N) is 1. The van der Waals surface area contributed by atoms with Crippen molar-refractivity contribution < 1.29 is 4.39 Å². The highest BCUT2D eigenvalue weighted by molar-refractivity contribution is 6.31. The van der Waals surface area contributed by atoms with Crippen LogP contribution >= 0.6 is 11.6 Å². The maximum Gasteiger partial charge on any atom is 0.142 e. The van der Waals surface area contributed by atoms with Crippen molar-refractivity contribution in [2.45, 2.75) is 19.4 Å². The molecule has 1 N–H and O–H groups in total. The highest BCUT2D eigenvalue weighted by atomic mass is 35.5. The second kappa shape index (κ2) is 6.18. The van der Waals surface area contributed by atoms with Gasteiger partial charge in [-0.3, -0.25) is 0 Å². The van der Waals surface area contributed by atoms with Gasteiger partial charge in [0.05, 0.1) is 5.02 Å². The zero-order chi connectivity index (χ0) is 13.8. The smallest absolute Gasteiger partial charge is 0.142 e. The molecule has 100 valence electrons. The van der Waals surface area contributed by atoms with Gasteiger partial charge in [0.25, 0.3) is 0 Å². The van der Waals surface area contributed by atoms with E-state index in [0.29, 0.717) is 6.42 Å². The van der Waals surface area contributed by atoms with Crippen LogP contribution in [0.15, 0.2) is 42.5 Å². The molecule has 2 aromatic carbocycles. The predicted octanol–water partition coefficient (Wildman–Crippen LogP) is 4.29. The van der Waals surface area contributed by atoms with E-state index in [9.17, 15) is 4.39 Å². The van der Waals surface area contributed by atoms with Gasteiger partial charge >= 0.3 is 0 Å². The third-order valence-corrected chi connectivity index (χ3v) is 3.71. The van der Waals surface area contributed by atoms with E-state index in [1.54, 1.807) is 6.07 Å². The summed E-state index contributed by atoms with van der Waals surface area (Å²) in [6, 6.07) is 13.4. The van der Waals surface area contributed by atoms with Gasteiger partial charge in [0.2, 0.25) is 0 Å². The first kappa shape index (κ1) is 14.0. The Hall–Kier alpha value is -1.38. The van der Waals surface area contributed by atoms with Gasteiger partial charge in [0, 0.05) is 6.04 Å². The van der Waals surface area contributed by atoms with Crippen LogP contribution in [-0.2, 0) is 6.42 Å². The molecule has 0 bridgehead atoms. The maximum absolute atomic E-state index is 13.4. The molecule has 1 unspecified atom stereocenters. The molecule has 0 aliphatic carbocycles. The molecule has 0 saturated carbocycles. The lowest BCUT2D eigenvalue weighted by molar-refractivity contribution is 0.584. The van der Waals surface area contributed by atoms with Crippen molar-refractivity contribution >= 4 is 11.6 Å². The van der Waals surface area contributed by atoms with E-state index in [1.165, 1.54) is 17.2 Å². The van der Waals surface area contributed by atoms with Crippen molar-refractivity contribution in [3.05, 3.63) is 70.0 Å². The average molecular weight is 278 g/mol. The Bertz CT molecular complexity index is 551. The summed E-state index contributed by atoms with van der Waals surface area (Å²) in [5, 5.41) is 3.47. The standard InChI is InChI=1S/C16H17ClFN/c1-11-6-8-12(9-7-11)15(19-2)10-13-4-3-5-14(18)16(13)17/h3-9,15,19H,10H2,1-2H3. The van der Waals surface area contributed by atoms with Crippen LogP contribution in [0.5, 0.6) is 0 Å². The maximum atomic E-state index is 13.4. The fraction of sp³-hybridized carbons (Fsp3) is 0.250. The molecule has 0 heterocycles. The van der Waals surface area contributed by atoms with Crippen LogP contribution in [0.4, 0.5) is 4.39 Å². The van der Waals surface area contributed by atoms with Crippen molar-refractivity contribution in [1.82, 2.24) is 5.32 Å². The minimum atomic E-state index is -0.363. The molecule has 1 nitrogen and oxygen atoms in total. The molecular weight excluding hydrogens is 261 g/mol. The highest BCUT2D eigenvalue weighted by Gasteiger charge is 2.13. The van der Waals surface area contributed by atoms with Crippen LogP contribution in [0.3, 0.4) is 0 Å². The van der Waals surface area contributed by atoms with E-state index in [-0.39, 0.29) is 16.9 Å².